The summed E-state index contributed by atoms with van der Waals surface area (Å²) in [7, 11) is 0. The number of anilines is 1. The summed E-state index contributed by atoms with van der Waals surface area (Å²) in [6, 6.07) is 6.17. The lowest BCUT2D eigenvalue weighted by atomic mass is 10.1. The van der Waals surface area contributed by atoms with Gasteiger partial charge in [-0.25, -0.2) is 9.97 Å². The molecular formula is C16H20N4O. The summed E-state index contributed by atoms with van der Waals surface area (Å²) < 4.78 is 5.26. The highest BCUT2D eigenvalue weighted by molar-refractivity contribution is 5.42. The van der Waals surface area contributed by atoms with Crippen molar-refractivity contribution in [1.29, 1.82) is 0 Å². The average molecular weight is 284 g/mol. The van der Waals surface area contributed by atoms with E-state index in [1.54, 1.807) is 18.7 Å². The van der Waals surface area contributed by atoms with Crippen LogP contribution in [0.25, 0.3) is 6.08 Å². The average Bonchev–Trinajstić information content (AvgIpc) is 3.06. The first-order valence-corrected chi connectivity index (χ1v) is 7.37. The van der Waals surface area contributed by atoms with Gasteiger partial charge in [-0.1, -0.05) is 6.08 Å². The van der Waals surface area contributed by atoms with Crippen LogP contribution in [-0.2, 0) is 0 Å². The van der Waals surface area contributed by atoms with Crippen molar-refractivity contribution in [2.45, 2.75) is 18.9 Å². The van der Waals surface area contributed by atoms with Crippen molar-refractivity contribution < 1.29 is 4.42 Å². The molecule has 1 N–H and O–H groups in total. The minimum atomic E-state index is 0.476. The van der Waals surface area contributed by atoms with Crippen molar-refractivity contribution in [3.05, 3.63) is 48.7 Å². The maximum atomic E-state index is 5.26. The van der Waals surface area contributed by atoms with Gasteiger partial charge in [0, 0.05) is 38.1 Å². The van der Waals surface area contributed by atoms with Crippen LogP contribution >= 0.6 is 0 Å². The second-order valence-corrected chi connectivity index (χ2v) is 5.16. The molecule has 0 saturated carbocycles. The fourth-order valence-corrected chi connectivity index (χ4v) is 2.58. The number of aromatic nitrogens is 2. The number of nitrogens with one attached hydrogen (secondary N) is 1. The smallest absolute Gasteiger partial charge is 0.225 e. The Balaban J connectivity index is 1.48. The summed E-state index contributed by atoms with van der Waals surface area (Å²) in [4.78, 5) is 10.9. The summed E-state index contributed by atoms with van der Waals surface area (Å²) in [5, 5.41) is 3.56. The normalized spacial score (nSPS) is 19.2. The van der Waals surface area contributed by atoms with Crippen LogP contribution in [0.5, 0.6) is 0 Å². The van der Waals surface area contributed by atoms with Gasteiger partial charge in [0.2, 0.25) is 5.95 Å². The number of piperidine rings is 1. The molecule has 0 bridgehead atoms. The van der Waals surface area contributed by atoms with Gasteiger partial charge in [-0.3, -0.25) is 0 Å². The molecule has 0 radical (unpaired) electrons. The lowest BCUT2D eigenvalue weighted by molar-refractivity contribution is 0.434. The molecule has 21 heavy (non-hydrogen) atoms. The number of hydrogen-bond donors (Lipinski definition) is 1. The Labute approximate surface area is 124 Å². The van der Waals surface area contributed by atoms with Gasteiger partial charge in [0.1, 0.15) is 5.76 Å². The molecule has 1 fully saturated rings. The van der Waals surface area contributed by atoms with Gasteiger partial charge in [0.25, 0.3) is 0 Å². The van der Waals surface area contributed by atoms with Crippen molar-refractivity contribution in [3.63, 3.8) is 0 Å². The molecule has 0 aromatic carbocycles. The van der Waals surface area contributed by atoms with Crippen LogP contribution in [-0.4, -0.2) is 35.6 Å². The molecule has 0 amide bonds. The van der Waals surface area contributed by atoms with Crippen molar-refractivity contribution >= 4 is 12.0 Å². The van der Waals surface area contributed by atoms with Crippen LogP contribution < -0.4 is 10.2 Å². The number of nitrogens with zero attached hydrogens (tertiary/aromatic N) is 3. The third kappa shape index (κ3) is 3.92. The molecule has 1 aliphatic heterocycles. The van der Waals surface area contributed by atoms with E-state index in [9.17, 15) is 0 Å². The topological polar surface area (TPSA) is 54.2 Å². The molecule has 0 aliphatic carbocycles. The Kier molecular flexibility index (Phi) is 4.63. The van der Waals surface area contributed by atoms with Crippen LogP contribution in [0.2, 0.25) is 0 Å². The minimum absolute atomic E-state index is 0.476. The zero-order valence-corrected chi connectivity index (χ0v) is 12.0. The van der Waals surface area contributed by atoms with Crippen molar-refractivity contribution in [1.82, 2.24) is 15.3 Å². The van der Waals surface area contributed by atoms with Gasteiger partial charge in [-0.2, -0.15) is 0 Å². The lowest BCUT2D eigenvalue weighted by Gasteiger charge is -2.33. The van der Waals surface area contributed by atoms with Gasteiger partial charge >= 0.3 is 0 Å². The SMILES string of the molecule is C(=C\c1ccco1)/CNC1CCCN(c2ncccn2)C1. The summed E-state index contributed by atoms with van der Waals surface area (Å²) in [5.74, 6) is 1.72. The third-order valence-electron chi connectivity index (χ3n) is 3.61. The van der Waals surface area contributed by atoms with E-state index in [0.717, 1.165) is 37.8 Å². The van der Waals surface area contributed by atoms with E-state index in [0.29, 0.717) is 6.04 Å². The van der Waals surface area contributed by atoms with E-state index in [-0.39, 0.29) is 0 Å². The molecule has 3 rings (SSSR count). The molecular weight excluding hydrogens is 264 g/mol. The zero-order chi connectivity index (χ0) is 14.3. The standard InChI is InChI=1S/C16H20N4O/c1(6-15-7-3-12-21-15)8-17-14-5-2-11-20(13-14)16-18-9-4-10-19-16/h1,3-4,6-7,9-10,12,14,17H,2,5,8,11,13H2/b6-1+. The second kappa shape index (κ2) is 7.04. The van der Waals surface area contributed by atoms with E-state index in [1.165, 1.54) is 6.42 Å². The quantitative estimate of drug-likeness (QED) is 0.913. The molecule has 2 aromatic heterocycles. The maximum absolute atomic E-state index is 5.26. The zero-order valence-electron chi connectivity index (χ0n) is 12.0. The van der Waals surface area contributed by atoms with Crippen LogP contribution in [0, 0.1) is 0 Å². The van der Waals surface area contributed by atoms with Gasteiger partial charge in [0.05, 0.1) is 6.26 Å². The largest absolute Gasteiger partial charge is 0.465 e. The number of hydrogen-bond acceptors (Lipinski definition) is 5. The fourth-order valence-electron chi connectivity index (χ4n) is 2.58. The molecule has 1 atom stereocenters. The summed E-state index contributed by atoms with van der Waals surface area (Å²) in [5.41, 5.74) is 0. The maximum Gasteiger partial charge on any atom is 0.225 e. The third-order valence-corrected chi connectivity index (χ3v) is 3.61. The minimum Gasteiger partial charge on any atom is -0.465 e. The molecule has 1 aliphatic rings. The number of rotatable bonds is 5. The highest BCUT2D eigenvalue weighted by atomic mass is 16.3. The fraction of sp³-hybridized carbons (Fsp3) is 0.375. The molecule has 5 nitrogen and oxygen atoms in total. The second-order valence-electron chi connectivity index (χ2n) is 5.16. The molecule has 1 unspecified atom stereocenters. The predicted molar refractivity (Wildman–Crippen MR) is 83.0 cm³/mol. The Morgan fingerprint density at radius 2 is 2.24 bits per heavy atom. The Bertz CT molecular complexity index is 553. The highest BCUT2D eigenvalue weighted by Crippen LogP contribution is 2.15. The van der Waals surface area contributed by atoms with E-state index in [2.05, 4.69) is 26.3 Å². The number of furan rings is 1. The molecule has 1 saturated heterocycles. The van der Waals surface area contributed by atoms with Gasteiger partial charge in [0.15, 0.2) is 0 Å². The molecule has 110 valence electrons. The molecule has 0 spiro atoms. The van der Waals surface area contributed by atoms with Gasteiger partial charge in [-0.15, -0.1) is 0 Å². The van der Waals surface area contributed by atoms with Crippen molar-refractivity contribution in [2.75, 3.05) is 24.5 Å². The predicted octanol–water partition coefficient (Wildman–Crippen LogP) is 2.34. The first-order chi connectivity index (χ1) is 10.4. The summed E-state index contributed by atoms with van der Waals surface area (Å²) in [6.07, 6.45) is 11.7. The van der Waals surface area contributed by atoms with Gasteiger partial charge in [-0.05, 0) is 37.1 Å². The van der Waals surface area contributed by atoms with Gasteiger partial charge < -0.3 is 14.6 Å². The monoisotopic (exact) mass is 284 g/mol. The Morgan fingerprint density at radius 1 is 1.33 bits per heavy atom. The van der Waals surface area contributed by atoms with E-state index in [1.807, 2.05) is 24.3 Å². The van der Waals surface area contributed by atoms with Crippen LogP contribution in [0.1, 0.15) is 18.6 Å². The molecule has 2 aromatic rings. The van der Waals surface area contributed by atoms with Crippen LogP contribution in [0.4, 0.5) is 5.95 Å². The Morgan fingerprint density at radius 3 is 3.05 bits per heavy atom. The summed E-state index contributed by atoms with van der Waals surface area (Å²) in [6.45, 7) is 2.83. The molecule has 5 heteroatoms. The first-order valence-electron chi connectivity index (χ1n) is 7.37. The van der Waals surface area contributed by atoms with E-state index >= 15 is 0 Å². The van der Waals surface area contributed by atoms with Crippen LogP contribution in [0.15, 0.2) is 47.3 Å². The van der Waals surface area contributed by atoms with Crippen LogP contribution in [0.3, 0.4) is 0 Å². The van der Waals surface area contributed by atoms with Crippen molar-refractivity contribution in [3.8, 4) is 0 Å². The molecule has 3 heterocycles. The first kappa shape index (κ1) is 13.8. The highest BCUT2D eigenvalue weighted by Gasteiger charge is 2.20. The van der Waals surface area contributed by atoms with E-state index in [4.69, 9.17) is 4.42 Å². The Hall–Kier alpha value is -2.14. The van der Waals surface area contributed by atoms with Crippen molar-refractivity contribution in [2.24, 2.45) is 0 Å². The summed E-state index contributed by atoms with van der Waals surface area (Å²) >= 11 is 0. The van der Waals surface area contributed by atoms with E-state index < -0.39 is 0 Å². The lowest BCUT2D eigenvalue weighted by Crippen LogP contribution is -2.46.